The fraction of sp³-hybridized carbons (Fsp3) is 0.107. The molecule has 0 bridgehead atoms. The second kappa shape index (κ2) is 8.61. The number of hydrogen-bond acceptors (Lipinski definition) is 6. The SMILES string of the molecule is Cc1nc2ccccc2nc1-c1ccc2c(c1)ncn2-c1ccnc(N[C@@H](C)c2ccccc2)n1. The van der Waals surface area contributed by atoms with Crippen molar-refractivity contribution in [3.63, 3.8) is 0 Å². The number of nitrogens with zero attached hydrogens (tertiary/aromatic N) is 6. The highest BCUT2D eigenvalue weighted by Crippen LogP contribution is 2.27. The lowest BCUT2D eigenvalue weighted by atomic mass is 10.1. The molecule has 6 rings (SSSR count). The van der Waals surface area contributed by atoms with E-state index in [0.29, 0.717) is 5.95 Å². The van der Waals surface area contributed by atoms with Crippen molar-refractivity contribution in [1.29, 1.82) is 0 Å². The van der Waals surface area contributed by atoms with Crippen LogP contribution in [0, 0.1) is 6.92 Å². The van der Waals surface area contributed by atoms with E-state index in [2.05, 4.69) is 52.5 Å². The van der Waals surface area contributed by atoms with Crippen LogP contribution in [-0.4, -0.2) is 29.5 Å². The van der Waals surface area contributed by atoms with Crippen molar-refractivity contribution in [2.24, 2.45) is 0 Å². The van der Waals surface area contributed by atoms with Crippen LogP contribution < -0.4 is 5.32 Å². The second-order valence-corrected chi connectivity index (χ2v) is 8.48. The summed E-state index contributed by atoms with van der Waals surface area (Å²) >= 11 is 0. The number of aryl methyl sites for hydroxylation is 1. The molecular formula is C28H23N7. The van der Waals surface area contributed by atoms with Gasteiger partial charge < -0.3 is 5.32 Å². The summed E-state index contributed by atoms with van der Waals surface area (Å²) in [6, 6.07) is 26.3. The molecule has 1 atom stereocenters. The predicted octanol–water partition coefficient (Wildman–Crippen LogP) is 5.91. The molecule has 0 aliphatic carbocycles. The summed E-state index contributed by atoms with van der Waals surface area (Å²) in [5.74, 6) is 1.32. The average Bonchev–Trinajstić information content (AvgIpc) is 3.32. The van der Waals surface area contributed by atoms with E-state index in [1.165, 1.54) is 5.56 Å². The minimum atomic E-state index is 0.0832. The van der Waals surface area contributed by atoms with Gasteiger partial charge in [0.2, 0.25) is 5.95 Å². The third kappa shape index (κ3) is 3.97. The van der Waals surface area contributed by atoms with Crippen LogP contribution in [0.2, 0.25) is 0 Å². The van der Waals surface area contributed by atoms with E-state index in [1.54, 1.807) is 12.5 Å². The van der Waals surface area contributed by atoms with Crippen molar-refractivity contribution in [1.82, 2.24) is 29.5 Å². The van der Waals surface area contributed by atoms with Crippen molar-refractivity contribution in [3.8, 4) is 17.1 Å². The molecule has 0 saturated heterocycles. The van der Waals surface area contributed by atoms with Crippen LogP contribution in [0.1, 0.15) is 24.2 Å². The highest BCUT2D eigenvalue weighted by molar-refractivity contribution is 5.85. The first-order chi connectivity index (χ1) is 17.2. The third-order valence-electron chi connectivity index (χ3n) is 6.10. The Bertz CT molecular complexity index is 1660. The number of anilines is 1. The van der Waals surface area contributed by atoms with Crippen LogP contribution in [0.4, 0.5) is 5.95 Å². The topological polar surface area (TPSA) is 81.4 Å². The third-order valence-corrected chi connectivity index (χ3v) is 6.10. The minimum Gasteiger partial charge on any atom is -0.348 e. The Balaban J connectivity index is 1.33. The average molecular weight is 458 g/mol. The Labute approximate surface area is 202 Å². The molecule has 1 N–H and O–H groups in total. The van der Waals surface area contributed by atoms with Gasteiger partial charge >= 0.3 is 0 Å². The van der Waals surface area contributed by atoms with Crippen LogP contribution in [0.3, 0.4) is 0 Å². The van der Waals surface area contributed by atoms with Crippen molar-refractivity contribution < 1.29 is 0 Å². The van der Waals surface area contributed by atoms with Gasteiger partial charge in [0, 0.05) is 11.8 Å². The van der Waals surface area contributed by atoms with Crippen LogP contribution in [0.15, 0.2) is 91.4 Å². The zero-order valence-corrected chi connectivity index (χ0v) is 19.4. The number of imidazole rings is 1. The molecule has 3 heterocycles. The van der Waals surface area contributed by atoms with Crippen molar-refractivity contribution in [2.75, 3.05) is 5.32 Å². The van der Waals surface area contributed by atoms with Gasteiger partial charge in [-0.05, 0) is 49.7 Å². The molecule has 7 nitrogen and oxygen atoms in total. The Morgan fingerprint density at radius 3 is 2.37 bits per heavy atom. The summed E-state index contributed by atoms with van der Waals surface area (Å²) in [5.41, 5.74) is 7.52. The first-order valence-electron chi connectivity index (χ1n) is 11.5. The van der Waals surface area contributed by atoms with E-state index >= 15 is 0 Å². The van der Waals surface area contributed by atoms with Crippen LogP contribution in [0.5, 0.6) is 0 Å². The summed E-state index contributed by atoms with van der Waals surface area (Å²) in [6.45, 7) is 4.08. The van der Waals surface area contributed by atoms with E-state index in [4.69, 9.17) is 15.0 Å². The largest absolute Gasteiger partial charge is 0.348 e. The number of aromatic nitrogens is 6. The highest BCUT2D eigenvalue weighted by atomic mass is 15.2. The molecule has 0 aliphatic rings. The standard InChI is InChI=1S/C28H23N7/c1-18(20-8-4-3-5-9-20)32-28-29-15-14-26(34-28)35-17-30-24-16-21(12-13-25(24)35)27-19(2)31-22-10-6-7-11-23(22)33-27/h3-18H,1-2H3,(H,29,32,34)/t18-/m0/s1. The van der Waals surface area contributed by atoms with Gasteiger partial charge in [0.25, 0.3) is 0 Å². The first-order valence-corrected chi connectivity index (χ1v) is 11.5. The molecular weight excluding hydrogens is 434 g/mol. The summed E-state index contributed by atoms with van der Waals surface area (Å²) < 4.78 is 1.97. The number of para-hydroxylation sites is 2. The number of nitrogens with one attached hydrogen (secondary N) is 1. The van der Waals surface area contributed by atoms with Gasteiger partial charge in [-0.1, -0.05) is 48.5 Å². The summed E-state index contributed by atoms with van der Waals surface area (Å²) in [6.07, 6.45) is 3.55. The van der Waals surface area contributed by atoms with Gasteiger partial charge in [-0.25, -0.2) is 19.9 Å². The number of benzene rings is 3. The van der Waals surface area contributed by atoms with Gasteiger partial charge in [0.1, 0.15) is 12.1 Å². The van der Waals surface area contributed by atoms with Gasteiger partial charge in [0.05, 0.1) is 39.5 Å². The van der Waals surface area contributed by atoms with Crippen molar-refractivity contribution in [3.05, 3.63) is 103 Å². The molecule has 170 valence electrons. The number of fused-ring (bicyclic) bond motifs is 2. The predicted molar refractivity (Wildman–Crippen MR) is 138 cm³/mol. The maximum absolute atomic E-state index is 4.85. The summed E-state index contributed by atoms with van der Waals surface area (Å²) in [4.78, 5) is 23.4. The van der Waals surface area contributed by atoms with Crippen molar-refractivity contribution >= 4 is 28.0 Å². The molecule has 3 aromatic carbocycles. The number of rotatable bonds is 5. The quantitative estimate of drug-likeness (QED) is 0.347. The molecule has 0 fully saturated rings. The molecule has 0 unspecified atom stereocenters. The lowest BCUT2D eigenvalue weighted by Gasteiger charge is -2.14. The van der Waals surface area contributed by atoms with E-state index < -0.39 is 0 Å². The van der Waals surface area contributed by atoms with E-state index in [-0.39, 0.29) is 6.04 Å². The molecule has 35 heavy (non-hydrogen) atoms. The highest BCUT2D eigenvalue weighted by Gasteiger charge is 2.13. The van der Waals surface area contributed by atoms with E-state index in [1.807, 2.05) is 60.0 Å². The lowest BCUT2D eigenvalue weighted by molar-refractivity contribution is 0.854. The Morgan fingerprint density at radius 1 is 0.771 bits per heavy atom. The van der Waals surface area contributed by atoms with Gasteiger partial charge in [-0.2, -0.15) is 4.98 Å². The molecule has 3 aromatic heterocycles. The maximum atomic E-state index is 4.85. The monoisotopic (exact) mass is 457 g/mol. The molecule has 0 saturated carbocycles. The Kier molecular flexibility index (Phi) is 5.15. The second-order valence-electron chi connectivity index (χ2n) is 8.48. The summed E-state index contributed by atoms with van der Waals surface area (Å²) in [5, 5.41) is 3.39. The Morgan fingerprint density at radius 2 is 1.54 bits per heavy atom. The molecule has 0 spiro atoms. The summed E-state index contributed by atoms with van der Waals surface area (Å²) in [7, 11) is 0. The molecule has 7 heteroatoms. The van der Waals surface area contributed by atoms with Crippen LogP contribution >= 0.6 is 0 Å². The molecule has 6 aromatic rings. The Hall–Kier alpha value is -4.65. The van der Waals surface area contributed by atoms with E-state index in [0.717, 1.165) is 44.8 Å². The molecule has 0 aliphatic heterocycles. The zero-order chi connectivity index (χ0) is 23.8. The fourth-order valence-electron chi connectivity index (χ4n) is 4.28. The van der Waals surface area contributed by atoms with Crippen LogP contribution in [0.25, 0.3) is 39.1 Å². The fourth-order valence-corrected chi connectivity index (χ4v) is 4.28. The normalized spacial score (nSPS) is 12.2. The zero-order valence-electron chi connectivity index (χ0n) is 19.4. The number of hydrogen-bond donors (Lipinski definition) is 1. The molecule has 0 amide bonds. The smallest absolute Gasteiger partial charge is 0.225 e. The van der Waals surface area contributed by atoms with Crippen LogP contribution in [-0.2, 0) is 0 Å². The maximum Gasteiger partial charge on any atom is 0.225 e. The van der Waals surface area contributed by atoms with E-state index in [9.17, 15) is 0 Å². The minimum absolute atomic E-state index is 0.0832. The lowest BCUT2D eigenvalue weighted by Crippen LogP contribution is -2.10. The molecule has 0 radical (unpaired) electrons. The van der Waals surface area contributed by atoms with Gasteiger partial charge in [-0.3, -0.25) is 4.57 Å². The van der Waals surface area contributed by atoms with Gasteiger partial charge in [-0.15, -0.1) is 0 Å². The van der Waals surface area contributed by atoms with Crippen molar-refractivity contribution in [2.45, 2.75) is 19.9 Å². The van der Waals surface area contributed by atoms with Gasteiger partial charge in [0.15, 0.2) is 0 Å². The first kappa shape index (κ1) is 20.9.